The van der Waals surface area contributed by atoms with Crippen LogP contribution in [0.1, 0.15) is 62.3 Å². The van der Waals surface area contributed by atoms with Crippen molar-refractivity contribution in [3.63, 3.8) is 0 Å². The van der Waals surface area contributed by atoms with Crippen LogP contribution >= 0.6 is 0 Å². The van der Waals surface area contributed by atoms with E-state index in [1.54, 1.807) is 24.3 Å². The van der Waals surface area contributed by atoms with Crippen molar-refractivity contribution in [3.05, 3.63) is 35.4 Å². The molecule has 6 heteroatoms. The van der Waals surface area contributed by atoms with E-state index in [1.807, 2.05) is 4.57 Å². The molecule has 2 aliphatic heterocycles. The summed E-state index contributed by atoms with van der Waals surface area (Å²) < 4.78 is 2.03. The molecule has 0 aromatic heterocycles. The number of rotatable bonds is 2. The molecule has 1 fully saturated rings. The minimum absolute atomic E-state index is 0.0148. The molecule has 0 N–H and O–H groups in total. The summed E-state index contributed by atoms with van der Waals surface area (Å²) in [6, 6.07) is 5.94. The molecule has 1 aromatic carbocycles. The zero-order chi connectivity index (χ0) is 20.5. The molecule has 0 bridgehead atoms. The summed E-state index contributed by atoms with van der Waals surface area (Å²) in [7, 11) is -2.14. The van der Waals surface area contributed by atoms with E-state index in [0.717, 1.165) is 0 Å². The molecule has 27 heavy (non-hydrogen) atoms. The number of carbonyl (C=O) groups excluding carboxylic acids is 3. The van der Waals surface area contributed by atoms with E-state index in [2.05, 4.69) is 54.6 Å². The quantitative estimate of drug-likeness (QED) is 0.440. The van der Waals surface area contributed by atoms with Crippen molar-refractivity contribution in [2.45, 2.75) is 71.8 Å². The SMILES string of the molecule is CC(C)(C)[C@H]1[C@H](N2C(=O)c3ccccc3C2=O)C(=O)N1[Si](C)(C)C(C)(C)C. The van der Waals surface area contributed by atoms with Gasteiger partial charge in [-0.3, -0.25) is 19.3 Å². The highest BCUT2D eigenvalue weighted by Gasteiger charge is 2.64. The number of imide groups is 1. The molecule has 1 saturated heterocycles. The van der Waals surface area contributed by atoms with Crippen LogP contribution in [0.3, 0.4) is 0 Å². The van der Waals surface area contributed by atoms with Crippen LogP contribution in [0.4, 0.5) is 0 Å². The molecule has 2 aliphatic rings. The fraction of sp³-hybridized carbons (Fsp3) is 0.571. The zero-order valence-electron chi connectivity index (χ0n) is 17.6. The molecule has 3 rings (SSSR count). The third-order valence-corrected chi connectivity index (χ3v) is 11.9. The van der Waals surface area contributed by atoms with Crippen LogP contribution in [-0.2, 0) is 4.79 Å². The second-order valence-electron chi connectivity index (χ2n) is 10.3. The Balaban J connectivity index is 2.04. The van der Waals surface area contributed by atoms with Crippen molar-refractivity contribution < 1.29 is 14.4 Å². The lowest BCUT2D eigenvalue weighted by molar-refractivity contribution is -0.153. The normalized spacial score (nSPS) is 23.6. The number of hydrogen-bond acceptors (Lipinski definition) is 3. The minimum Gasteiger partial charge on any atom is -0.362 e. The van der Waals surface area contributed by atoms with Crippen LogP contribution in [0.25, 0.3) is 0 Å². The molecule has 3 amide bonds. The van der Waals surface area contributed by atoms with Gasteiger partial charge in [0, 0.05) is 0 Å². The lowest BCUT2D eigenvalue weighted by Crippen LogP contribution is -2.81. The summed E-state index contributed by atoms with van der Waals surface area (Å²) in [5.41, 5.74) is 0.547. The van der Waals surface area contributed by atoms with Crippen molar-refractivity contribution in [2.75, 3.05) is 0 Å². The predicted octanol–water partition coefficient (Wildman–Crippen LogP) is 3.91. The van der Waals surface area contributed by atoms with Gasteiger partial charge in [-0.25, -0.2) is 0 Å². The lowest BCUT2D eigenvalue weighted by Gasteiger charge is -2.63. The van der Waals surface area contributed by atoms with Gasteiger partial charge >= 0.3 is 0 Å². The van der Waals surface area contributed by atoms with Crippen molar-refractivity contribution in [1.29, 1.82) is 0 Å². The van der Waals surface area contributed by atoms with Gasteiger partial charge in [0.05, 0.1) is 17.2 Å². The van der Waals surface area contributed by atoms with Gasteiger partial charge in [0.15, 0.2) is 8.24 Å². The Morgan fingerprint density at radius 3 is 1.67 bits per heavy atom. The molecule has 1 aromatic rings. The number of carbonyl (C=O) groups is 3. The second-order valence-corrected chi connectivity index (χ2v) is 15.4. The highest BCUT2D eigenvalue weighted by molar-refractivity contribution is 6.80. The number of β-lactam (4-membered cyclic amide) rings is 1. The van der Waals surface area contributed by atoms with Crippen molar-refractivity contribution in [1.82, 2.24) is 9.47 Å². The Hall–Kier alpha value is -1.95. The van der Waals surface area contributed by atoms with E-state index >= 15 is 0 Å². The standard InChI is InChI=1S/C21H30N2O3Si/c1-20(2,3)16-15(19(26)23(16)27(7,8)21(4,5)6)22-17(24)13-11-9-10-12-14(13)18(22)25/h9-12,15-16H,1-8H3/t15-,16+/m0/s1. The first-order chi connectivity index (χ1) is 12.2. The van der Waals surface area contributed by atoms with Gasteiger partial charge in [-0.1, -0.05) is 66.8 Å². The van der Waals surface area contributed by atoms with Crippen LogP contribution in [0.2, 0.25) is 18.1 Å². The summed E-state index contributed by atoms with van der Waals surface area (Å²) >= 11 is 0. The number of fused-ring (bicyclic) bond motifs is 1. The number of benzene rings is 1. The van der Waals surface area contributed by atoms with E-state index in [1.165, 1.54) is 4.90 Å². The number of amides is 3. The van der Waals surface area contributed by atoms with Crippen molar-refractivity contribution >= 4 is 26.0 Å². The van der Waals surface area contributed by atoms with Gasteiger partial charge in [-0.2, -0.15) is 0 Å². The summed E-state index contributed by atoms with van der Waals surface area (Å²) in [5, 5.41) is -0.0148. The molecule has 0 radical (unpaired) electrons. The molecular formula is C21H30N2O3Si. The van der Waals surface area contributed by atoms with E-state index in [4.69, 9.17) is 0 Å². The van der Waals surface area contributed by atoms with Gasteiger partial charge < -0.3 is 4.57 Å². The van der Waals surface area contributed by atoms with Crippen LogP contribution in [0, 0.1) is 5.41 Å². The van der Waals surface area contributed by atoms with Gasteiger partial charge in [0.1, 0.15) is 6.04 Å². The first-order valence-corrected chi connectivity index (χ1v) is 12.5. The maximum absolute atomic E-state index is 13.4. The molecule has 2 heterocycles. The van der Waals surface area contributed by atoms with E-state index in [9.17, 15) is 14.4 Å². The monoisotopic (exact) mass is 386 g/mol. The molecule has 0 spiro atoms. The predicted molar refractivity (Wildman–Crippen MR) is 108 cm³/mol. The average molecular weight is 387 g/mol. The van der Waals surface area contributed by atoms with E-state index < -0.39 is 14.3 Å². The number of hydrogen-bond donors (Lipinski definition) is 0. The Bertz CT molecular complexity index is 798. The molecule has 146 valence electrons. The maximum atomic E-state index is 13.4. The molecular weight excluding hydrogens is 356 g/mol. The summed E-state index contributed by atoms with van der Waals surface area (Å²) in [6.07, 6.45) is 0. The second kappa shape index (κ2) is 5.77. The Kier molecular flexibility index (Phi) is 4.23. The fourth-order valence-corrected chi connectivity index (χ4v) is 6.66. The van der Waals surface area contributed by atoms with Gasteiger partial charge in [0.25, 0.3) is 11.8 Å². The summed E-state index contributed by atoms with van der Waals surface area (Å²) in [5.74, 6) is -0.785. The first kappa shape index (κ1) is 19.8. The maximum Gasteiger partial charge on any atom is 0.262 e. The first-order valence-electron chi connectivity index (χ1n) is 9.51. The van der Waals surface area contributed by atoms with Crippen molar-refractivity contribution in [3.8, 4) is 0 Å². The zero-order valence-corrected chi connectivity index (χ0v) is 18.6. The van der Waals surface area contributed by atoms with Crippen LogP contribution in [0.15, 0.2) is 24.3 Å². The largest absolute Gasteiger partial charge is 0.362 e. The third kappa shape index (κ3) is 2.68. The van der Waals surface area contributed by atoms with Gasteiger partial charge in [0.2, 0.25) is 5.91 Å². The molecule has 0 saturated carbocycles. The smallest absolute Gasteiger partial charge is 0.262 e. The Morgan fingerprint density at radius 1 is 0.852 bits per heavy atom. The third-order valence-electron chi connectivity index (χ3n) is 6.50. The van der Waals surface area contributed by atoms with Crippen LogP contribution in [0.5, 0.6) is 0 Å². The topological polar surface area (TPSA) is 57.7 Å². The van der Waals surface area contributed by atoms with E-state index in [-0.39, 0.29) is 34.2 Å². The molecule has 0 unspecified atom stereocenters. The number of nitrogens with zero attached hydrogens (tertiary/aromatic N) is 2. The van der Waals surface area contributed by atoms with Gasteiger partial charge in [-0.15, -0.1) is 0 Å². The van der Waals surface area contributed by atoms with Crippen molar-refractivity contribution in [2.24, 2.45) is 5.41 Å². The van der Waals surface area contributed by atoms with Crippen LogP contribution < -0.4 is 0 Å². The summed E-state index contributed by atoms with van der Waals surface area (Å²) in [4.78, 5) is 40.5. The Morgan fingerprint density at radius 2 is 1.30 bits per heavy atom. The van der Waals surface area contributed by atoms with Gasteiger partial charge in [-0.05, 0) is 22.6 Å². The summed E-state index contributed by atoms with van der Waals surface area (Å²) in [6.45, 7) is 17.1. The Labute approximate surface area is 162 Å². The van der Waals surface area contributed by atoms with Crippen LogP contribution in [-0.4, -0.2) is 47.5 Å². The van der Waals surface area contributed by atoms with E-state index in [0.29, 0.717) is 11.1 Å². The highest BCUT2D eigenvalue weighted by atomic mass is 28.3. The highest BCUT2D eigenvalue weighted by Crippen LogP contribution is 2.49. The minimum atomic E-state index is -2.14. The fourth-order valence-electron chi connectivity index (χ4n) is 4.03. The average Bonchev–Trinajstić information content (AvgIpc) is 2.76. The lowest BCUT2D eigenvalue weighted by atomic mass is 9.76. The molecule has 5 nitrogen and oxygen atoms in total. The molecule has 0 aliphatic carbocycles. The molecule has 2 atom stereocenters.